The molecular formula is C13H17N5. The molecular weight excluding hydrogens is 226 g/mol. The highest BCUT2D eigenvalue weighted by Gasteiger charge is 2.12. The number of nitrogen functional groups attached to an aromatic ring is 1. The van der Waals surface area contributed by atoms with Crippen LogP contribution in [0.25, 0.3) is 5.82 Å². The second kappa shape index (κ2) is 4.60. The SMILES string of the molecule is Cc1ccc(C(=N)N)c(-n2ccc(C(C)C)n2)n1. The van der Waals surface area contributed by atoms with Gasteiger partial charge in [-0.25, -0.2) is 9.67 Å². The maximum absolute atomic E-state index is 7.58. The van der Waals surface area contributed by atoms with Gasteiger partial charge in [0, 0.05) is 11.9 Å². The van der Waals surface area contributed by atoms with E-state index in [0.29, 0.717) is 17.3 Å². The van der Waals surface area contributed by atoms with Gasteiger partial charge in [-0.05, 0) is 31.0 Å². The molecule has 2 aromatic rings. The molecule has 0 aliphatic carbocycles. The molecule has 0 bridgehead atoms. The zero-order valence-electron chi connectivity index (χ0n) is 10.8. The molecule has 5 nitrogen and oxygen atoms in total. The lowest BCUT2D eigenvalue weighted by Crippen LogP contribution is -2.16. The van der Waals surface area contributed by atoms with E-state index in [2.05, 4.69) is 23.9 Å². The predicted molar refractivity (Wildman–Crippen MR) is 71.2 cm³/mol. The largest absolute Gasteiger partial charge is 0.384 e. The number of hydrogen-bond donors (Lipinski definition) is 2. The van der Waals surface area contributed by atoms with Crippen molar-refractivity contribution in [3.63, 3.8) is 0 Å². The highest BCUT2D eigenvalue weighted by molar-refractivity contribution is 5.97. The van der Waals surface area contributed by atoms with E-state index < -0.39 is 0 Å². The van der Waals surface area contributed by atoms with Gasteiger partial charge < -0.3 is 5.73 Å². The Morgan fingerprint density at radius 2 is 2.06 bits per heavy atom. The number of pyridine rings is 1. The Labute approximate surface area is 106 Å². The van der Waals surface area contributed by atoms with E-state index in [0.717, 1.165) is 11.4 Å². The Morgan fingerprint density at radius 3 is 2.61 bits per heavy atom. The molecule has 5 heteroatoms. The van der Waals surface area contributed by atoms with Crippen molar-refractivity contribution in [3.8, 4) is 5.82 Å². The molecule has 0 unspecified atom stereocenters. The van der Waals surface area contributed by atoms with Crippen molar-refractivity contribution >= 4 is 5.84 Å². The van der Waals surface area contributed by atoms with Crippen molar-refractivity contribution in [2.45, 2.75) is 26.7 Å². The van der Waals surface area contributed by atoms with Crippen molar-refractivity contribution in [2.75, 3.05) is 0 Å². The van der Waals surface area contributed by atoms with E-state index in [1.165, 1.54) is 0 Å². The van der Waals surface area contributed by atoms with E-state index >= 15 is 0 Å². The Hall–Kier alpha value is -2.17. The number of hydrogen-bond acceptors (Lipinski definition) is 3. The minimum absolute atomic E-state index is 0.000836. The van der Waals surface area contributed by atoms with Crippen LogP contribution in [0.3, 0.4) is 0 Å². The summed E-state index contributed by atoms with van der Waals surface area (Å²) in [5.41, 5.74) is 8.03. The summed E-state index contributed by atoms with van der Waals surface area (Å²) in [7, 11) is 0. The Morgan fingerprint density at radius 1 is 1.33 bits per heavy atom. The molecule has 0 saturated heterocycles. The lowest BCUT2D eigenvalue weighted by atomic mass is 10.1. The first-order valence-corrected chi connectivity index (χ1v) is 5.87. The van der Waals surface area contributed by atoms with E-state index in [1.807, 2.05) is 25.3 Å². The van der Waals surface area contributed by atoms with Gasteiger partial charge in [0.15, 0.2) is 5.82 Å². The molecule has 3 N–H and O–H groups in total. The molecule has 2 aromatic heterocycles. The summed E-state index contributed by atoms with van der Waals surface area (Å²) >= 11 is 0. The maximum Gasteiger partial charge on any atom is 0.164 e. The van der Waals surface area contributed by atoms with Gasteiger partial charge in [-0.1, -0.05) is 13.8 Å². The van der Waals surface area contributed by atoms with Crippen LogP contribution in [0.2, 0.25) is 0 Å². The van der Waals surface area contributed by atoms with Crippen LogP contribution in [-0.4, -0.2) is 20.6 Å². The van der Waals surface area contributed by atoms with Gasteiger partial charge in [0.2, 0.25) is 0 Å². The fourth-order valence-electron chi connectivity index (χ4n) is 1.69. The van der Waals surface area contributed by atoms with Crippen LogP contribution in [0.5, 0.6) is 0 Å². The fraction of sp³-hybridized carbons (Fsp3) is 0.308. The summed E-state index contributed by atoms with van der Waals surface area (Å²) in [6.07, 6.45) is 1.85. The zero-order valence-corrected chi connectivity index (χ0v) is 10.8. The zero-order chi connectivity index (χ0) is 13.3. The van der Waals surface area contributed by atoms with Gasteiger partial charge in [-0.15, -0.1) is 0 Å². The molecule has 0 aromatic carbocycles. The third-order valence-corrected chi connectivity index (χ3v) is 2.72. The van der Waals surface area contributed by atoms with Crippen LogP contribution >= 0.6 is 0 Å². The lowest BCUT2D eigenvalue weighted by Gasteiger charge is -2.08. The Kier molecular flexibility index (Phi) is 3.14. The van der Waals surface area contributed by atoms with E-state index in [1.54, 1.807) is 10.7 Å². The number of nitrogens with zero attached hydrogens (tertiary/aromatic N) is 3. The monoisotopic (exact) mass is 243 g/mol. The predicted octanol–water partition coefficient (Wildman–Crippen LogP) is 1.98. The van der Waals surface area contributed by atoms with Gasteiger partial charge >= 0.3 is 0 Å². The highest BCUT2D eigenvalue weighted by atomic mass is 15.3. The van der Waals surface area contributed by atoms with E-state index in [-0.39, 0.29) is 5.84 Å². The minimum Gasteiger partial charge on any atom is -0.384 e. The van der Waals surface area contributed by atoms with Crippen LogP contribution in [-0.2, 0) is 0 Å². The third-order valence-electron chi connectivity index (χ3n) is 2.72. The molecule has 0 atom stereocenters. The molecule has 0 amide bonds. The molecule has 0 aliphatic heterocycles. The average Bonchev–Trinajstić information content (AvgIpc) is 2.77. The highest BCUT2D eigenvalue weighted by Crippen LogP contribution is 2.16. The second-order valence-corrected chi connectivity index (χ2v) is 4.58. The molecule has 0 aliphatic rings. The van der Waals surface area contributed by atoms with E-state index in [9.17, 15) is 0 Å². The first kappa shape index (κ1) is 12.3. The molecule has 0 spiro atoms. The van der Waals surface area contributed by atoms with Crippen molar-refractivity contribution in [3.05, 3.63) is 41.3 Å². The van der Waals surface area contributed by atoms with Crippen LogP contribution < -0.4 is 5.73 Å². The normalized spacial score (nSPS) is 10.9. The van der Waals surface area contributed by atoms with Crippen molar-refractivity contribution in [1.29, 1.82) is 5.41 Å². The molecule has 94 valence electrons. The van der Waals surface area contributed by atoms with Crippen LogP contribution in [0.1, 0.15) is 36.7 Å². The summed E-state index contributed by atoms with van der Waals surface area (Å²) in [5.74, 6) is 0.963. The summed E-state index contributed by atoms with van der Waals surface area (Å²) < 4.78 is 1.68. The second-order valence-electron chi connectivity index (χ2n) is 4.58. The van der Waals surface area contributed by atoms with Crippen LogP contribution in [0.4, 0.5) is 0 Å². The number of aromatic nitrogens is 3. The van der Waals surface area contributed by atoms with Crippen molar-refractivity contribution < 1.29 is 0 Å². The maximum atomic E-state index is 7.58. The first-order chi connectivity index (χ1) is 8.49. The molecule has 0 saturated carbocycles. The number of nitrogens with two attached hydrogens (primary N) is 1. The van der Waals surface area contributed by atoms with Crippen LogP contribution in [0, 0.1) is 12.3 Å². The van der Waals surface area contributed by atoms with Crippen LogP contribution in [0.15, 0.2) is 24.4 Å². The average molecular weight is 243 g/mol. The minimum atomic E-state index is -0.000836. The Balaban J connectivity index is 2.54. The molecule has 18 heavy (non-hydrogen) atoms. The van der Waals surface area contributed by atoms with Gasteiger partial charge in [0.1, 0.15) is 5.84 Å². The number of aryl methyl sites for hydroxylation is 1. The molecule has 0 fully saturated rings. The molecule has 2 rings (SSSR count). The standard InChI is InChI=1S/C13H17N5/c1-8(2)11-6-7-18(17-11)13-10(12(14)15)5-4-9(3)16-13/h4-8H,1-3H3,(H3,14,15). The number of rotatable bonds is 3. The lowest BCUT2D eigenvalue weighted by molar-refractivity contribution is 0.755. The summed E-state index contributed by atoms with van der Waals surface area (Å²) in [6.45, 7) is 6.07. The number of nitrogens with one attached hydrogen (secondary N) is 1. The summed E-state index contributed by atoms with van der Waals surface area (Å²) in [5, 5.41) is 12.1. The molecule has 0 radical (unpaired) electrons. The number of amidine groups is 1. The van der Waals surface area contributed by atoms with Crippen molar-refractivity contribution in [1.82, 2.24) is 14.8 Å². The summed E-state index contributed by atoms with van der Waals surface area (Å²) in [6, 6.07) is 5.60. The van der Waals surface area contributed by atoms with Gasteiger partial charge in [-0.2, -0.15) is 5.10 Å². The smallest absolute Gasteiger partial charge is 0.164 e. The topological polar surface area (TPSA) is 80.6 Å². The van der Waals surface area contributed by atoms with E-state index in [4.69, 9.17) is 11.1 Å². The first-order valence-electron chi connectivity index (χ1n) is 5.87. The third kappa shape index (κ3) is 2.25. The fourth-order valence-corrected chi connectivity index (χ4v) is 1.69. The van der Waals surface area contributed by atoms with Gasteiger partial charge in [-0.3, -0.25) is 5.41 Å². The Bertz CT molecular complexity index is 583. The van der Waals surface area contributed by atoms with Gasteiger partial charge in [0.25, 0.3) is 0 Å². The molecule has 2 heterocycles. The van der Waals surface area contributed by atoms with Crippen molar-refractivity contribution in [2.24, 2.45) is 5.73 Å². The summed E-state index contributed by atoms with van der Waals surface area (Å²) in [4.78, 5) is 4.42. The quantitative estimate of drug-likeness (QED) is 0.639. The van der Waals surface area contributed by atoms with Gasteiger partial charge in [0.05, 0.1) is 11.3 Å².